The molecule has 1 N–H and O–H groups in total. The van der Waals surface area contributed by atoms with Crippen LogP contribution < -0.4 is 0 Å². The van der Waals surface area contributed by atoms with Gasteiger partial charge in [0.05, 0.1) is 22.5 Å². The molecule has 0 unspecified atom stereocenters. The maximum atomic E-state index is 15.1. The van der Waals surface area contributed by atoms with E-state index < -0.39 is 131 Å². The number of halogens is 15. The maximum absolute atomic E-state index is 15.1. The fourth-order valence-corrected chi connectivity index (χ4v) is 4.42. The lowest BCUT2D eigenvalue weighted by Crippen LogP contribution is -2.07. The molecule has 0 atom stereocenters. The Morgan fingerprint density at radius 2 is 0.825 bits per heavy atom. The van der Waals surface area contributed by atoms with Gasteiger partial charge < -0.3 is 5.11 Å². The standard InChI is InChI=1S/C22H2F14OS.CH3F/c23-3-1-2(5-8(25)16(33)20(37)17(34)9(5)26)4-6(10(27)12(29)11(28)7(4)24)21(3)38-22-18(35)14(31)13(30)15(32)19(22)36;1-2/h1,37H;1H3. The van der Waals surface area contributed by atoms with Crippen molar-refractivity contribution in [2.45, 2.75) is 9.79 Å². The van der Waals surface area contributed by atoms with Crippen LogP contribution in [0.2, 0.25) is 0 Å². The Labute approximate surface area is 215 Å². The largest absolute Gasteiger partial charge is 0.503 e. The van der Waals surface area contributed by atoms with Gasteiger partial charge in [0.25, 0.3) is 0 Å². The van der Waals surface area contributed by atoms with Crippen molar-refractivity contribution >= 4 is 22.5 Å². The molecular formula is C23H5F15OS. The van der Waals surface area contributed by atoms with E-state index in [0.29, 0.717) is 7.18 Å². The Kier molecular flexibility index (Phi) is 8.48. The molecule has 4 rings (SSSR count). The van der Waals surface area contributed by atoms with Gasteiger partial charge in [-0.05, 0) is 6.07 Å². The SMILES string of the molecule is CF.Oc1c(F)c(F)c(-c2cc(F)c(Sc3c(F)c(F)c(F)c(F)c3F)c3c(F)c(F)c(F)c(F)c23)c(F)c1F. The highest BCUT2D eigenvalue weighted by Gasteiger charge is 2.34. The van der Waals surface area contributed by atoms with Crippen LogP contribution in [0.3, 0.4) is 0 Å². The number of rotatable bonds is 3. The van der Waals surface area contributed by atoms with Gasteiger partial charge in [0.2, 0.25) is 17.5 Å². The summed E-state index contributed by atoms with van der Waals surface area (Å²) in [5, 5.41) is 5.33. The molecule has 0 heterocycles. The number of benzene rings is 4. The Morgan fingerprint density at radius 1 is 0.450 bits per heavy atom. The Balaban J connectivity index is 0.00000216. The molecular weight excluding hydrogens is 609 g/mol. The number of aromatic hydroxyl groups is 1. The molecule has 40 heavy (non-hydrogen) atoms. The third kappa shape index (κ3) is 4.45. The van der Waals surface area contributed by atoms with Gasteiger partial charge in [-0.2, -0.15) is 8.78 Å². The van der Waals surface area contributed by atoms with Crippen LogP contribution in [-0.4, -0.2) is 12.3 Å². The second-order valence-corrected chi connectivity index (χ2v) is 8.24. The molecule has 0 aromatic heterocycles. The van der Waals surface area contributed by atoms with Crippen LogP contribution in [0.1, 0.15) is 0 Å². The summed E-state index contributed by atoms with van der Waals surface area (Å²) in [5.41, 5.74) is -3.80. The second-order valence-electron chi connectivity index (χ2n) is 7.22. The van der Waals surface area contributed by atoms with Crippen molar-refractivity contribution in [2.24, 2.45) is 0 Å². The first-order valence-corrected chi connectivity index (χ1v) is 10.5. The van der Waals surface area contributed by atoms with Crippen molar-refractivity contribution in [2.75, 3.05) is 7.18 Å². The third-order valence-electron chi connectivity index (χ3n) is 5.13. The van der Waals surface area contributed by atoms with E-state index >= 15 is 4.39 Å². The molecule has 0 aliphatic heterocycles. The van der Waals surface area contributed by atoms with E-state index in [1.165, 1.54) is 0 Å². The zero-order valence-corrected chi connectivity index (χ0v) is 19.4. The van der Waals surface area contributed by atoms with Crippen LogP contribution in [0.15, 0.2) is 15.9 Å². The zero-order valence-electron chi connectivity index (χ0n) is 18.6. The van der Waals surface area contributed by atoms with E-state index in [-0.39, 0.29) is 6.07 Å². The number of hydrogen-bond acceptors (Lipinski definition) is 2. The molecule has 4 aromatic rings. The number of alkyl halides is 1. The molecule has 17 heteroatoms. The smallest absolute Gasteiger partial charge is 0.204 e. The summed E-state index contributed by atoms with van der Waals surface area (Å²) >= 11 is -0.851. The van der Waals surface area contributed by atoms with Crippen molar-refractivity contribution in [3.05, 3.63) is 87.5 Å². The van der Waals surface area contributed by atoms with Crippen LogP contribution in [0.25, 0.3) is 21.9 Å². The van der Waals surface area contributed by atoms with Crippen molar-refractivity contribution in [3.8, 4) is 16.9 Å². The average Bonchev–Trinajstić information content (AvgIpc) is 2.94. The number of hydrogen-bond donors (Lipinski definition) is 1. The fraction of sp³-hybridized carbons (Fsp3) is 0.0435. The van der Waals surface area contributed by atoms with Gasteiger partial charge in [0.1, 0.15) is 5.82 Å². The first-order valence-electron chi connectivity index (χ1n) is 9.73. The van der Waals surface area contributed by atoms with E-state index in [1.807, 2.05) is 0 Å². The molecule has 0 aliphatic rings. The molecule has 0 bridgehead atoms. The first-order chi connectivity index (χ1) is 18.6. The number of phenolic OH excluding ortho intramolecular Hbond substituents is 1. The van der Waals surface area contributed by atoms with Crippen LogP contribution in [-0.2, 0) is 0 Å². The number of phenols is 1. The predicted octanol–water partition coefficient (Wildman–Crippen LogP) is 8.90. The monoisotopic (exact) mass is 614 g/mol. The summed E-state index contributed by atoms with van der Waals surface area (Å²) < 4.78 is 208. The van der Waals surface area contributed by atoms with Gasteiger partial charge in [-0.1, -0.05) is 11.8 Å². The molecule has 1 nitrogen and oxygen atoms in total. The summed E-state index contributed by atoms with van der Waals surface area (Å²) in [5.74, 6) is -38.2. The minimum absolute atomic E-state index is 0.270. The molecule has 0 saturated heterocycles. The Morgan fingerprint density at radius 3 is 1.27 bits per heavy atom. The van der Waals surface area contributed by atoms with Gasteiger partial charge in [0, 0.05) is 16.3 Å². The van der Waals surface area contributed by atoms with Crippen LogP contribution >= 0.6 is 11.8 Å². The maximum Gasteiger partial charge on any atom is 0.204 e. The quantitative estimate of drug-likeness (QED) is 0.141. The highest BCUT2D eigenvalue weighted by atomic mass is 32.2. The van der Waals surface area contributed by atoms with E-state index in [0.717, 1.165) is 0 Å². The topological polar surface area (TPSA) is 20.2 Å². The average molecular weight is 614 g/mol. The first kappa shape index (κ1) is 30.8. The number of fused-ring (bicyclic) bond motifs is 1. The van der Waals surface area contributed by atoms with Gasteiger partial charge >= 0.3 is 0 Å². The molecule has 0 aliphatic carbocycles. The summed E-state index contributed by atoms with van der Waals surface area (Å²) in [6.07, 6.45) is 0. The minimum atomic E-state index is -2.73. The lowest BCUT2D eigenvalue weighted by molar-refractivity contribution is 0.358. The summed E-state index contributed by atoms with van der Waals surface area (Å²) in [4.78, 5) is -3.64. The van der Waals surface area contributed by atoms with Crippen molar-refractivity contribution < 1.29 is 71.0 Å². The minimum Gasteiger partial charge on any atom is -0.503 e. The van der Waals surface area contributed by atoms with Crippen molar-refractivity contribution in [1.82, 2.24) is 0 Å². The second kappa shape index (κ2) is 11.0. The molecule has 0 saturated carbocycles. The molecule has 0 amide bonds. The van der Waals surface area contributed by atoms with E-state index in [9.17, 15) is 61.5 Å². The van der Waals surface area contributed by atoms with E-state index in [1.54, 1.807) is 0 Å². The van der Waals surface area contributed by atoms with E-state index in [2.05, 4.69) is 0 Å². The normalized spacial score (nSPS) is 11.2. The Hall–Kier alpha value is -3.76. The molecule has 0 fully saturated rings. The van der Waals surface area contributed by atoms with Gasteiger partial charge in [-0.25, -0.2) is 52.7 Å². The zero-order chi connectivity index (χ0) is 30.5. The van der Waals surface area contributed by atoms with Crippen molar-refractivity contribution in [3.63, 3.8) is 0 Å². The van der Waals surface area contributed by atoms with Crippen LogP contribution in [0.4, 0.5) is 65.9 Å². The lowest BCUT2D eigenvalue weighted by atomic mass is 9.95. The molecule has 0 radical (unpaired) electrons. The molecule has 0 spiro atoms. The van der Waals surface area contributed by atoms with E-state index in [4.69, 9.17) is 5.11 Å². The Bertz CT molecular complexity index is 1650. The fourth-order valence-electron chi connectivity index (χ4n) is 3.41. The highest BCUT2D eigenvalue weighted by molar-refractivity contribution is 7.99. The predicted molar refractivity (Wildman–Crippen MR) is 108 cm³/mol. The van der Waals surface area contributed by atoms with Gasteiger partial charge in [-0.15, -0.1) is 0 Å². The molecule has 4 aromatic carbocycles. The van der Waals surface area contributed by atoms with Crippen LogP contribution in [0.5, 0.6) is 5.75 Å². The summed E-state index contributed by atoms with van der Waals surface area (Å²) in [6.45, 7) is 0. The third-order valence-corrected chi connectivity index (χ3v) is 6.30. The van der Waals surface area contributed by atoms with Crippen molar-refractivity contribution in [1.29, 1.82) is 0 Å². The van der Waals surface area contributed by atoms with Crippen LogP contribution in [0, 0.1) is 81.4 Å². The summed E-state index contributed by atoms with van der Waals surface area (Å²) in [6, 6.07) is -0.270. The van der Waals surface area contributed by atoms with Gasteiger partial charge in [-0.3, -0.25) is 4.39 Å². The summed E-state index contributed by atoms with van der Waals surface area (Å²) in [7, 11) is 0.500. The lowest BCUT2D eigenvalue weighted by Gasteiger charge is -2.17. The molecule has 214 valence electrons. The van der Waals surface area contributed by atoms with Gasteiger partial charge in [0.15, 0.2) is 63.9 Å². The highest BCUT2D eigenvalue weighted by Crippen LogP contribution is 2.47.